The van der Waals surface area contributed by atoms with E-state index in [0.717, 1.165) is 21.2 Å². The quantitative estimate of drug-likeness (QED) is 0.821. The van der Waals surface area contributed by atoms with Gasteiger partial charge < -0.3 is 5.32 Å². The average Bonchev–Trinajstić information content (AvgIpc) is 2.87. The average molecular weight is 349 g/mol. The highest BCUT2D eigenvalue weighted by atomic mass is 32.2. The second-order valence-electron chi connectivity index (χ2n) is 5.28. The number of nitrogens with one attached hydrogen (secondary N) is 2. The number of thioether (sulfide) groups is 1. The van der Waals surface area contributed by atoms with Crippen molar-refractivity contribution in [2.24, 2.45) is 0 Å². The molecule has 1 aromatic heterocycles. The Hall–Kier alpha value is -1.86. The molecule has 122 valence electrons. The predicted octanol–water partition coefficient (Wildman–Crippen LogP) is 3.90. The van der Waals surface area contributed by atoms with Gasteiger partial charge in [-0.05, 0) is 39.3 Å². The van der Waals surface area contributed by atoms with E-state index in [1.165, 1.54) is 23.1 Å². The normalized spacial score (nSPS) is 11.8. The number of aryl methyl sites for hydroxylation is 3. The van der Waals surface area contributed by atoms with Crippen molar-refractivity contribution in [1.29, 1.82) is 0 Å². The van der Waals surface area contributed by atoms with Crippen molar-refractivity contribution in [3.05, 3.63) is 40.4 Å². The first-order valence-electron chi connectivity index (χ1n) is 7.13. The smallest absolute Gasteiger partial charge is 0.307 e. The van der Waals surface area contributed by atoms with Crippen LogP contribution in [0.4, 0.5) is 10.5 Å². The molecule has 5 nitrogen and oxygen atoms in total. The zero-order valence-corrected chi connectivity index (χ0v) is 15.1. The fourth-order valence-electron chi connectivity index (χ4n) is 1.91. The first-order chi connectivity index (χ1) is 10.8. The second kappa shape index (κ2) is 7.61. The van der Waals surface area contributed by atoms with E-state index in [4.69, 9.17) is 0 Å². The molecule has 1 atom stereocenters. The standard InChI is InChI=1S/C16H19N3O2S2/c1-9-5-6-13(10(2)7-9)18-15(21)19-14(20)12(4)23-16-17-11(3)8-22-16/h5-8,12H,1-4H3,(H2,18,19,20,21)/t12-/m1/s1. The van der Waals surface area contributed by atoms with Gasteiger partial charge in [-0.3, -0.25) is 10.1 Å². The Balaban J connectivity index is 1.90. The molecule has 2 rings (SSSR count). The van der Waals surface area contributed by atoms with Crippen LogP contribution in [0.25, 0.3) is 0 Å². The first kappa shape index (κ1) is 17.5. The van der Waals surface area contributed by atoms with E-state index < -0.39 is 11.3 Å². The molecule has 23 heavy (non-hydrogen) atoms. The molecule has 2 aromatic rings. The van der Waals surface area contributed by atoms with Crippen molar-refractivity contribution in [3.63, 3.8) is 0 Å². The van der Waals surface area contributed by atoms with Gasteiger partial charge in [0.05, 0.1) is 5.25 Å². The number of benzene rings is 1. The number of anilines is 1. The lowest BCUT2D eigenvalue weighted by molar-refractivity contribution is -0.119. The van der Waals surface area contributed by atoms with Crippen LogP contribution in [0.1, 0.15) is 23.7 Å². The molecule has 0 bridgehead atoms. The lowest BCUT2D eigenvalue weighted by Crippen LogP contribution is -2.39. The van der Waals surface area contributed by atoms with Gasteiger partial charge in [-0.15, -0.1) is 11.3 Å². The molecule has 2 N–H and O–H groups in total. The summed E-state index contributed by atoms with van der Waals surface area (Å²) in [6.07, 6.45) is 0. The minimum atomic E-state index is -0.523. The van der Waals surface area contributed by atoms with Crippen LogP contribution in [0.5, 0.6) is 0 Å². The number of carbonyl (C=O) groups is 2. The molecule has 1 aromatic carbocycles. The van der Waals surface area contributed by atoms with Crippen molar-refractivity contribution >= 4 is 40.7 Å². The summed E-state index contributed by atoms with van der Waals surface area (Å²) in [7, 11) is 0. The number of imide groups is 1. The van der Waals surface area contributed by atoms with E-state index >= 15 is 0 Å². The van der Waals surface area contributed by atoms with Gasteiger partial charge in [0.2, 0.25) is 5.91 Å². The maximum absolute atomic E-state index is 12.1. The minimum absolute atomic E-state index is 0.342. The summed E-state index contributed by atoms with van der Waals surface area (Å²) in [5.74, 6) is -0.342. The Morgan fingerprint density at radius 3 is 2.61 bits per heavy atom. The van der Waals surface area contributed by atoms with E-state index in [1.807, 2.05) is 44.4 Å². The Kier molecular flexibility index (Phi) is 5.79. The molecule has 1 heterocycles. The zero-order chi connectivity index (χ0) is 17.0. The molecule has 0 saturated heterocycles. The van der Waals surface area contributed by atoms with Crippen LogP contribution in [0.3, 0.4) is 0 Å². The molecule has 0 aliphatic carbocycles. The van der Waals surface area contributed by atoms with Gasteiger partial charge in [-0.25, -0.2) is 9.78 Å². The molecule has 0 radical (unpaired) electrons. The van der Waals surface area contributed by atoms with E-state index in [1.54, 1.807) is 6.92 Å². The van der Waals surface area contributed by atoms with Gasteiger partial charge >= 0.3 is 6.03 Å². The van der Waals surface area contributed by atoms with E-state index in [9.17, 15) is 9.59 Å². The molecule has 0 unspecified atom stereocenters. The topological polar surface area (TPSA) is 71.1 Å². The van der Waals surface area contributed by atoms with E-state index in [0.29, 0.717) is 5.69 Å². The van der Waals surface area contributed by atoms with Gasteiger partial charge in [0.25, 0.3) is 0 Å². The number of thiazole rings is 1. The summed E-state index contributed by atoms with van der Waals surface area (Å²) in [6.45, 7) is 7.55. The highest BCUT2D eigenvalue weighted by molar-refractivity contribution is 8.02. The minimum Gasteiger partial charge on any atom is -0.307 e. The number of amides is 3. The lowest BCUT2D eigenvalue weighted by atomic mass is 10.1. The highest BCUT2D eigenvalue weighted by Crippen LogP contribution is 2.26. The van der Waals surface area contributed by atoms with Gasteiger partial charge in [0, 0.05) is 16.8 Å². The van der Waals surface area contributed by atoms with Crippen LogP contribution in [-0.4, -0.2) is 22.2 Å². The summed E-state index contributed by atoms with van der Waals surface area (Å²) in [5.41, 5.74) is 3.69. The number of urea groups is 1. The summed E-state index contributed by atoms with van der Waals surface area (Å²) < 4.78 is 0.819. The van der Waals surface area contributed by atoms with Gasteiger partial charge in [0.1, 0.15) is 0 Å². The fourth-order valence-corrected chi connectivity index (χ4v) is 3.90. The molecule has 3 amide bonds. The Morgan fingerprint density at radius 1 is 1.26 bits per heavy atom. The largest absolute Gasteiger partial charge is 0.325 e. The number of hydrogen-bond acceptors (Lipinski definition) is 5. The molecule has 0 aliphatic heterocycles. The highest BCUT2D eigenvalue weighted by Gasteiger charge is 2.18. The number of carbonyl (C=O) groups excluding carboxylic acids is 2. The summed E-state index contributed by atoms with van der Waals surface area (Å²) >= 11 is 2.83. The molecule has 0 saturated carbocycles. The van der Waals surface area contributed by atoms with Crippen LogP contribution < -0.4 is 10.6 Å². The second-order valence-corrected chi connectivity index (χ2v) is 7.72. The van der Waals surface area contributed by atoms with Crippen LogP contribution in [0.15, 0.2) is 27.9 Å². The first-order valence-corrected chi connectivity index (χ1v) is 8.89. The van der Waals surface area contributed by atoms with Crippen LogP contribution in [-0.2, 0) is 4.79 Å². The fraction of sp³-hybridized carbons (Fsp3) is 0.312. The maximum atomic E-state index is 12.1. The Labute approximate surface area is 143 Å². The van der Waals surface area contributed by atoms with Crippen molar-refractivity contribution in [2.45, 2.75) is 37.3 Å². The van der Waals surface area contributed by atoms with Gasteiger partial charge in [-0.1, -0.05) is 29.5 Å². The van der Waals surface area contributed by atoms with Crippen LogP contribution in [0.2, 0.25) is 0 Å². The molecular formula is C16H19N3O2S2. The summed E-state index contributed by atoms with van der Waals surface area (Å²) in [5, 5.41) is 6.59. The zero-order valence-electron chi connectivity index (χ0n) is 13.5. The number of hydrogen-bond donors (Lipinski definition) is 2. The van der Waals surface area contributed by atoms with E-state index in [2.05, 4.69) is 15.6 Å². The molecule has 7 heteroatoms. The third kappa shape index (κ3) is 5.07. The van der Waals surface area contributed by atoms with Crippen molar-refractivity contribution in [3.8, 4) is 0 Å². The van der Waals surface area contributed by atoms with Crippen LogP contribution in [0, 0.1) is 20.8 Å². The van der Waals surface area contributed by atoms with Gasteiger partial charge in [-0.2, -0.15) is 0 Å². The van der Waals surface area contributed by atoms with Crippen molar-refractivity contribution < 1.29 is 9.59 Å². The molecular weight excluding hydrogens is 330 g/mol. The number of aromatic nitrogens is 1. The van der Waals surface area contributed by atoms with Gasteiger partial charge in [0.15, 0.2) is 4.34 Å². The summed E-state index contributed by atoms with van der Waals surface area (Å²) in [4.78, 5) is 28.3. The third-order valence-electron chi connectivity index (χ3n) is 3.11. The monoisotopic (exact) mass is 349 g/mol. The summed E-state index contributed by atoms with van der Waals surface area (Å²) in [6, 6.07) is 5.18. The molecule has 0 spiro atoms. The Morgan fingerprint density at radius 2 is 2.00 bits per heavy atom. The third-order valence-corrected chi connectivity index (χ3v) is 5.30. The van der Waals surface area contributed by atoms with E-state index in [-0.39, 0.29) is 5.91 Å². The van der Waals surface area contributed by atoms with Crippen molar-refractivity contribution in [1.82, 2.24) is 10.3 Å². The number of nitrogens with zero attached hydrogens (tertiary/aromatic N) is 1. The Bertz CT molecular complexity index is 728. The molecule has 0 fully saturated rings. The van der Waals surface area contributed by atoms with Crippen molar-refractivity contribution in [2.75, 3.05) is 5.32 Å². The van der Waals surface area contributed by atoms with Crippen LogP contribution >= 0.6 is 23.1 Å². The molecule has 0 aliphatic rings. The lowest BCUT2D eigenvalue weighted by Gasteiger charge is -2.12. The maximum Gasteiger partial charge on any atom is 0.325 e. The SMILES string of the molecule is Cc1ccc(NC(=O)NC(=O)[C@@H](C)Sc2nc(C)cs2)c(C)c1. The predicted molar refractivity (Wildman–Crippen MR) is 95.2 cm³/mol. The number of rotatable bonds is 4.